The predicted octanol–water partition coefficient (Wildman–Crippen LogP) is 5.41. The zero-order valence-corrected chi connectivity index (χ0v) is 17.6. The molecule has 0 saturated carbocycles. The van der Waals surface area contributed by atoms with Gasteiger partial charge in [-0.15, -0.1) is 0 Å². The molecule has 4 aromatic heterocycles. The van der Waals surface area contributed by atoms with Crippen molar-refractivity contribution in [2.24, 2.45) is 0 Å². The zero-order chi connectivity index (χ0) is 21.5. The zero-order valence-electron chi connectivity index (χ0n) is 17.6. The molecular weight excluding hydrogens is 392 g/mol. The standard InChI is InChI=1S/C25H22N2O4/c1-14-6-7-19-21(10-23(28)31-24(19)15(14)2)22-9-20-17(12-27-16(3)25(20)30-22)11-26-13-18-5-4-8-29-18/h4-10,12,26H,11,13H2,1-3H3. The second kappa shape index (κ2) is 7.56. The fraction of sp³-hybridized carbons (Fsp3) is 0.200. The SMILES string of the molecule is Cc1ccc2c(-c3cc4c(CNCc5ccco5)cnc(C)c4o3)cc(=O)oc2c1C. The van der Waals surface area contributed by atoms with Gasteiger partial charge in [-0.05, 0) is 55.7 Å². The van der Waals surface area contributed by atoms with Crippen LogP contribution in [0.1, 0.15) is 28.1 Å². The molecule has 0 spiro atoms. The Hall–Kier alpha value is -3.64. The lowest BCUT2D eigenvalue weighted by Crippen LogP contribution is -2.12. The first kappa shape index (κ1) is 19.3. The van der Waals surface area contributed by atoms with Gasteiger partial charge in [0.15, 0.2) is 5.58 Å². The molecule has 0 saturated heterocycles. The van der Waals surface area contributed by atoms with E-state index in [1.807, 2.05) is 57.3 Å². The van der Waals surface area contributed by atoms with E-state index in [2.05, 4.69) is 10.3 Å². The Morgan fingerprint density at radius 1 is 0.968 bits per heavy atom. The molecule has 5 aromatic rings. The number of nitrogens with one attached hydrogen (secondary N) is 1. The highest BCUT2D eigenvalue weighted by Gasteiger charge is 2.17. The maximum atomic E-state index is 12.3. The molecule has 5 rings (SSSR count). The van der Waals surface area contributed by atoms with Gasteiger partial charge in [-0.25, -0.2) is 4.79 Å². The van der Waals surface area contributed by atoms with Crippen LogP contribution in [0.15, 0.2) is 66.9 Å². The summed E-state index contributed by atoms with van der Waals surface area (Å²) in [5.74, 6) is 1.50. The van der Waals surface area contributed by atoms with E-state index < -0.39 is 5.63 Å². The highest BCUT2D eigenvalue weighted by atomic mass is 16.4. The van der Waals surface area contributed by atoms with E-state index in [1.54, 1.807) is 6.26 Å². The number of aryl methyl sites for hydroxylation is 3. The van der Waals surface area contributed by atoms with Gasteiger partial charge >= 0.3 is 5.63 Å². The molecule has 0 amide bonds. The molecule has 0 aliphatic carbocycles. The number of pyridine rings is 1. The van der Waals surface area contributed by atoms with Crippen molar-refractivity contribution in [3.05, 3.63) is 87.4 Å². The van der Waals surface area contributed by atoms with E-state index in [0.29, 0.717) is 24.4 Å². The third kappa shape index (κ3) is 3.45. The van der Waals surface area contributed by atoms with Crippen LogP contribution in [0.5, 0.6) is 0 Å². The van der Waals surface area contributed by atoms with Gasteiger partial charge in [0.05, 0.1) is 18.5 Å². The Labute approximate surface area is 178 Å². The lowest BCUT2D eigenvalue weighted by molar-refractivity contribution is 0.483. The molecule has 0 radical (unpaired) electrons. The Morgan fingerprint density at radius 3 is 2.65 bits per heavy atom. The largest absolute Gasteiger partial charge is 0.468 e. The topological polar surface area (TPSA) is 81.4 Å². The maximum Gasteiger partial charge on any atom is 0.336 e. The number of furan rings is 2. The highest BCUT2D eigenvalue weighted by Crippen LogP contribution is 2.35. The van der Waals surface area contributed by atoms with Crippen molar-refractivity contribution >= 4 is 21.9 Å². The monoisotopic (exact) mass is 414 g/mol. The van der Waals surface area contributed by atoms with Crippen molar-refractivity contribution < 1.29 is 13.3 Å². The van der Waals surface area contributed by atoms with E-state index in [4.69, 9.17) is 13.3 Å². The minimum atomic E-state index is -0.396. The van der Waals surface area contributed by atoms with Crippen molar-refractivity contribution in [1.82, 2.24) is 10.3 Å². The molecule has 0 bridgehead atoms. The van der Waals surface area contributed by atoms with Gasteiger partial charge < -0.3 is 18.6 Å². The molecule has 0 unspecified atom stereocenters. The first-order chi connectivity index (χ1) is 15.0. The fourth-order valence-corrected chi connectivity index (χ4v) is 3.87. The molecule has 0 atom stereocenters. The molecule has 1 N–H and O–H groups in total. The third-order valence-electron chi connectivity index (χ3n) is 5.71. The lowest BCUT2D eigenvalue weighted by Gasteiger charge is -2.07. The van der Waals surface area contributed by atoms with Crippen LogP contribution in [0.3, 0.4) is 0 Å². The summed E-state index contributed by atoms with van der Waals surface area (Å²) >= 11 is 0. The molecule has 6 nitrogen and oxygen atoms in total. The maximum absolute atomic E-state index is 12.3. The van der Waals surface area contributed by atoms with E-state index in [1.165, 1.54) is 6.07 Å². The van der Waals surface area contributed by atoms with E-state index in [-0.39, 0.29) is 0 Å². The second-order valence-electron chi connectivity index (χ2n) is 7.77. The average Bonchev–Trinajstić information content (AvgIpc) is 3.43. The Morgan fingerprint density at radius 2 is 1.84 bits per heavy atom. The number of aromatic nitrogens is 1. The summed E-state index contributed by atoms with van der Waals surface area (Å²) < 4.78 is 17.1. The second-order valence-corrected chi connectivity index (χ2v) is 7.77. The molecule has 0 fully saturated rings. The van der Waals surface area contributed by atoms with Gasteiger partial charge in [-0.3, -0.25) is 4.98 Å². The van der Waals surface area contributed by atoms with Crippen LogP contribution in [-0.4, -0.2) is 4.98 Å². The normalized spacial score (nSPS) is 11.6. The number of hydrogen-bond acceptors (Lipinski definition) is 6. The third-order valence-corrected chi connectivity index (χ3v) is 5.71. The summed E-state index contributed by atoms with van der Waals surface area (Å²) in [5.41, 5.74) is 5.48. The first-order valence-corrected chi connectivity index (χ1v) is 10.2. The molecule has 156 valence electrons. The fourth-order valence-electron chi connectivity index (χ4n) is 3.87. The predicted molar refractivity (Wildman–Crippen MR) is 119 cm³/mol. The van der Waals surface area contributed by atoms with Crippen LogP contribution in [-0.2, 0) is 13.1 Å². The van der Waals surface area contributed by atoms with Crippen molar-refractivity contribution in [2.75, 3.05) is 0 Å². The number of rotatable bonds is 5. The quantitative estimate of drug-likeness (QED) is 0.387. The van der Waals surface area contributed by atoms with Crippen molar-refractivity contribution in [3.63, 3.8) is 0 Å². The minimum Gasteiger partial charge on any atom is -0.468 e. The summed E-state index contributed by atoms with van der Waals surface area (Å²) in [6, 6.07) is 11.3. The molecule has 0 aliphatic heterocycles. The van der Waals surface area contributed by atoms with E-state index in [0.717, 1.165) is 50.1 Å². The number of fused-ring (bicyclic) bond motifs is 2. The first-order valence-electron chi connectivity index (χ1n) is 10.2. The Bertz CT molecular complexity index is 1460. The number of nitrogens with zero attached hydrogens (tertiary/aromatic N) is 1. The number of hydrogen-bond donors (Lipinski definition) is 1. The smallest absolute Gasteiger partial charge is 0.336 e. The summed E-state index contributed by atoms with van der Waals surface area (Å²) in [6.45, 7) is 7.11. The van der Waals surface area contributed by atoms with Gasteiger partial charge in [0.2, 0.25) is 0 Å². The van der Waals surface area contributed by atoms with Crippen LogP contribution in [0.2, 0.25) is 0 Å². The minimum absolute atomic E-state index is 0.396. The summed E-state index contributed by atoms with van der Waals surface area (Å²) in [4.78, 5) is 16.8. The van der Waals surface area contributed by atoms with Crippen LogP contribution in [0.25, 0.3) is 33.3 Å². The van der Waals surface area contributed by atoms with Crippen LogP contribution >= 0.6 is 0 Å². The summed E-state index contributed by atoms with van der Waals surface area (Å²) in [7, 11) is 0. The van der Waals surface area contributed by atoms with Gasteiger partial charge in [-0.1, -0.05) is 12.1 Å². The van der Waals surface area contributed by atoms with Crippen LogP contribution in [0.4, 0.5) is 0 Å². The van der Waals surface area contributed by atoms with Gasteiger partial charge in [0, 0.05) is 35.1 Å². The van der Waals surface area contributed by atoms with Crippen molar-refractivity contribution in [1.29, 1.82) is 0 Å². The molecular formula is C25H22N2O4. The molecule has 4 heterocycles. The van der Waals surface area contributed by atoms with Gasteiger partial charge in [-0.2, -0.15) is 0 Å². The van der Waals surface area contributed by atoms with Crippen LogP contribution < -0.4 is 10.9 Å². The van der Waals surface area contributed by atoms with Gasteiger partial charge in [0.1, 0.15) is 17.1 Å². The Balaban J connectivity index is 1.59. The van der Waals surface area contributed by atoms with E-state index in [9.17, 15) is 4.79 Å². The molecule has 0 aliphatic rings. The van der Waals surface area contributed by atoms with Crippen molar-refractivity contribution in [3.8, 4) is 11.3 Å². The Kier molecular flexibility index (Phi) is 4.71. The molecule has 31 heavy (non-hydrogen) atoms. The summed E-state index contributed by atoms with van der Waals surface area (Å²) in [6.07, 6.45) is 3.52. The van der Waals surface area contributed by atoms with Crippen molar-refractivity contribution in [2.45, 2.75) is 33.9 Å². The van der Waals surface area contributed by atoms with Gasteiger partial charge in [0.25, 0.3) is 0 Å². The molecule has 6 heteroatoms. The summed E-state index contributed by atoms with van der Waals surface area (Å²) in [5, 5.41) is 5.20. The lowest BCUT2D eigenvalue weighted by atomic mass is 10.0. The number of benzene rings is 1. The van der Waals surface area contributed by atoms with Crippen LogP contribution in [0, 0.1) is 20.8 Å². The van der Waals surface area contributed by atoms with E-state index >= 15 is 0 Å². The highest BCUT2D eigenvalue weighted by molar-refractivity contribution is 5.97. The molecule has 1 aromatic carbocycles. The average molecular weight is 414 g/mol.